The Hall–Kier alpha value is 0.890. The smallest absolute Gasteiger partial charge is 0.219 e. The van der Waals surface area contributed by atoms with Crippen LogP contribution < -0.4 is 0 Å². The average molecular weight is 214 g/mol. The van der Waals surface area contributed by atoms with Gasteiger partial charge in [0, 0.05) is 12.6 Å². The van der Waals surface area contributed by atoms with Crippen LogP contribution in [0.4, 0.5) is 0 Å². The molecule has 1 saturated heterocycles. The van der Waals surface area contributed by atoms with Crippen molar-refractivity contribution < 1.29 is 0 Å². The molecule has 4 heteroatoms. The molecule has 1 nitrogen and oxygen atoms in total. The van der Waals surface area contributed by atoms with Crippen molar-refractivity contribution in [2.24, 2.45) is 0 Å². The first-order chi connectivity index (χ1) is 5.04. The van der Waals surface area contributed by atoms with E-state index in [4.69, 9.17) is 23.2 Å². The van der Waals surface area contributed by atoms with E-state index in [9.17, 15) is 0 Å². The standard InChI is InChI=1S/C7H13Cl2NS/c1-6(2)10-4-3-5-11-7(10,8)9/h6H,3-5H2,1-2H3. The van der Waals surface area contributed by atoms with E-state index in [1.54, 1.807) is 11.8 Å². The number of hydrogen-bond donors (Lipinski definition) is 0. The van der Waals surface area contributed by atoms with Gasteiger partial charge >= 0.3 is 0 Å². The molecule has 0 unspecified atom stereocenters. The van der Waals surface area contributed by atoms with Crippen molar-refractivity contribution in [3.8, 4) is 0 Å². The van der Waals surface area contributed by atoms with Gasteiger partial charge in [-0.3, -0.25) is 4.90 Å². The van der Waals surface area contributed by atoms with Gasteiger partial charge < -0.3 is 0 Å². The normalized spacial score (nSPS) is 25.9. The summed E-state index contributed by atoms with van der Waals surface area (Å²) in [4.78, 5) is 2.12. The Morgan fingerprint density at radius 2 is 2.09 bits per heavy atom. The van der Waals surface area contributed by atoms with Gasteiger partial charge in [-0.05, 0) is 26.0 Å². The van der Waals surface area contributed by atoms with Crippen LogP contribution in [0.3, 0.4) is 0 Å². The molecule has 0 N–H and O–H groups in total. The Balaban J connectivity index is 2.60. The summed E-state index contributed by atoms with van der Waals surface area (Å²) in [5.74, 6) is 1.07. The number of nitrogens with zero attached hydrogens (tertiary/aromatic N) is 1. The number of halogens is 2. The molecule has 0 atom stereocenters. The largest absolute Gasteiger partial charge is 0.261 e. The zero-order valence-electron chi connectivity index (χ0n) is 6.81. The summed E-state index contributed by atoms with van der Waals surface area (Å²) in [5, 5.41) is 0. The Labute approximate surface area is 82.4 Å². The number of thioether (sulfide) groups is 1. The van der Waals surface area contributed by atoms with E-state index in [2.05, 4.69) is 18.7 Å². The molecule has 1 heterocycles. The number of hydrogen-bond acceptors (Lipinski definition) is 2. The minimum Gasteiger partial charge on any atom is -0.261 e. The number of rotatable bonds is 1. The third-order valence-electron chi connectivity index (χ3n) is 1.78. The molecule has 1 rings (SSSR count). The molecule has 0 aromatic carbocycles. The van der Waals surface area contributed by atoms with E-state index in [-0.39, 0.29) is 0 Å². The van der Waals surface area contributed by atoms with Crippen LogP contribution >= 0.6 is 35.0 Å². The summed E-state index contributed by atoms with van der Waals surface area (Å²) >= 11 is 13.8. The van der Waals surface area contributed by atoms with Crippen molar-refractivity contribution in [1.82, 2.24) is 4.90 Å². The maximum absolute atomic E-state index is 6.09. The van der Waals surface area contributed by atoms with E-state index in [1.807, 2.05) is 0 Å². The van der Waals surface area contributed by atoms with Crippen molar-refractivity contribution in [1.29, 1.82) is 0 Å². The zero-order valence-corrected chi connectivity index (χ0v) is 9.14. The molecular weight excluding hydrogens is 201 g/mol. The second kappa shape index (κ2) is 3.73. The zero-order chi connectivity index (χ0) is 8.48. The van der Waals surface area contributed by atoms with Crippen molar-refractivity contribution in [2.45, 2.75) is 30.1 Å². The maximum atomic E-state index is 6.09. The highest BCUT2D eigenvalue weighted by molar-refractivity contribution is 8.03. The van der Waals surface area contributed by atoms with Gasteiger partial charge in [0.25, 0.3) is 0 Å². The third-order valence-corrected chi connectivity index (χ3v) is 3.94. The molecule has 1 aliphatic rings. The first kappa shape index (κ1) is 9.97. The Morgan fingerprint density at radius 1 is 1.45 bits per heavy atom. The van der Waals surface area contributed by atoms with Crippen LogP contribution in [0.1, 0.15) is 20.3 Å². The van der Waals surface area contributed by atoms with Gasteiger partial charge in [-0.2, -0.15) is 0 Å². The van der Waals surface area contributed by atoms with Crippen molar-refractivity contribution in [2.75, 3.05) is 12.3 Å². The summed E-state index contributed by atoms with van der Waals surface area (Å²) in [6.07, 6.45) is 1.18. The lowest BCUT2D eigenvalue weighted by molar-refractivity contribution is 0.218. The Bertz CT molecular complexity index is 138. The quantitative estimate of drug-likeness (QED) is 0.487. The molecular formula is C7H13Cl2NS. The fourth-order valence-electron chi connectivity index (χ4n) is 1.20. The van der Waals surface area contributed by atoms with Crippen LogP contribution in [0.2, 0.25) is 0 Å². The van der Waals surface area contributed by atoms with Crippen LogP contribution in [-0.2, 0) is 0 Å². The first-order valence-corrected chi connectivity index (χ1v) is 5.57. The average Bonchev–Trinajstić information content (AvgIpc) is 1.85. The van der Waals surface area contributed by atoms with Gasteiger partial charge in [-0.1, -0.05) is 23.2 Å². The molecule has 0 saturated carbocycles. The second-order valence-electron chi connectivity index (χ2n) is 2.98. The fourth-order valence-corrected chi connectivity index (χ4v) is 3.21. The Kier molecular flexibility index (Phi) is 3.39. The number of alkyl halides is 2. The molecule has 11 heavy (non-hydrogen) atoms. The molecule has 66 valence electrons. The summed E-state index contributed by atoms with van der Waals surface area (Å²) in [6, 6.07) is 0.429. The van der Waals surface area contributed by atoms with Gasteiger partial charge in [0.2, 0.25) is 3.79 Å². The lowest BCUT2D eigenvalue weighted by atomic mass is 10.3. The second-order valence-corrected chi connectivity index (χ2v) is 6.00. The van der Waals surface area contributed by atoms with Gasteiger partial charge in [-0.15, -0.1) is 11.8 Å². The summed E-state index contributed by atoms with van der Waals surface area (Å²) in [5.41, 5.74) is 0. The van der Waals surface area contributed by atoms with Crippen LogP contribution in [0.5, 0.6) is 0 Å². The highest BCUT2D eigenvalue weighted by atomic mass is 35.5. The molecule has 0 amide bonds. The minimum absolute atomic E-state index is 0.429. The topological polar surface area (TPSA) is 3.24 Å². The molecule has 0 aromatic rings. The van der Waals surface area contributed by atoms with Gasteiger partial charge in [-0.25, -0.2) is 0 Å². The SMILES string of the molecule is CC(C)N1CCCSC1(Cl)Cl. The predicted octanol–water partition coefficient (Wildman–Crippen LogP) is 2.92. The van der Waals surface area contributed by atoms with E-state index < -0.39 is 3.79 Å². The monoisotopic (exact) mass is 213 g/mol. The summed E-state index contributed by atoms with van der Waals surface area (Å²) < 4.78 is -0.688. The van der Waals surface area contributed by atoms with Crippen LogP contribution in [0, 0.1) is 0 Å². The predicted molar refractivity (Wildman–Crippen MR) is 53.4 cm³/mol. The molecule has 0 bridgehead atoms. The van der Waals surface area contributed by atoms with E-state index in [0.29, 0.717) is 6.04 Å². The molecule has 1 aliphatic heterocycles. The highest BCUT2D eigenvalue weighted by Gasteiger charge is 2.36. The van der Waals surface area contributed by atoms with E-state index in [1.165, 1.54) is 6.42 Å². The Morgan fingerprint density at radius 3 is 2.45 bits per heavy atom. The minimum atomic E-state index is -0.688. The highest BCUT2D eigenvalue weighted by Crippen LogP contribution is 2.42. The molecule has 0 spiro atoms. The molecule has 0 radical (unpaired) electrons. The van der Waals surface area contributed by atoms with Gasteiger partial charge in [0.1, 0.15) is 0 Å². The first-order valence-electron chi connectivity index (χ1n) is 3.82. The van der Waals surface area contributed by atoms with Crippen LogP contribution in [-0.4, -0.2) is 27.0 Å². The summed E-state index contributed by atoms with van der Waals surface area (Å²) in [6.45, 7) is 5.24. The maximum Gasteiger partial charge on any atom is 0.219 e. The molecule has 1 fully saturated rings. The van der Waals surface area contributed by atoms with E-state index in [0.717, 1.165) is 12.3 Å². The lowest BCUT2D eigenvalue weighted by Gasteiger charge is -2.40. The van der Waals surface area contributed by atoms with Gasteiger partial charge in [0.15, 0.2) is 0 Å². The lowest BCUT2D eigenvalue weighted by Crippen LogP contribution is -2.45. The van der Waals surface area contributed by atoms with E-state index >= 15 is 0 Å². The fraction of sp³-hybridized carbons (Fsp3) is 1.00. The van der Waals surface area contributed by atoms with Crippen molar-refractivity contribution in [3.05, 3.63) is 0 Å². The van der Waals surface area contributed by atoms with Crippen LogP contribution in [0.15, 0.2) is 0 Å². The third kappa shape index (κ3) is 2.41. The molecule has 0 aromatic heterocycles. The summed E-state index contributed by atoms with van der Waals surface area (Å²) in [7, 11) is 0. The van der Waals surface area contributed by atoms with Gasteiger partial charge in [0.05, 0.1) is 0 Å². The molecule has 0 aliphatic carbocycles. The van der Waals surface area contributed by atoms with Crippen molar-refractivity contribution in [3.63, 3.8) is 0 Å². The van der Waals surface area contributed by atoms with Crippen LogP contribution in [0.25, 0.3) is 0 Å². The van der Waals surface area contributed by atoms with Crippen molar-refractivity contribution >= 4 is 35.0 Å².